The van der Waals surface area contributed by atoms with Crippen LogP contribution in [-0.4, -0.2) is 18.1 Å². The standard InChI is InChI=1S/C15H19F3N2S/c1-20(10-5-3-2-4-6-10)11-7-8-12(14(19)21)13(9-11)15(16,17)18/h7-10H,2-6H2,1H3,(H2,19,21). The minimum absolute atomic E-state index is 0.113. The van der Waals surface area contributed by atoms with Crippen LogP contribution in [0.3, 0.4) is 0 Å². The Balaban J connectivity index is 2.34. The lowest BCUT2D eigenvalue weighted by Gasteiger charge is -2.33. The normalized spacial score (nSPS) is 16.8. The van der Waals surface area contributed by atoms with Crippen LogP contribution >= 0.6 is 12.2 Å². The molecule has 1 fully saturated rings. The van der Waals surface area contributed by atoms with E-state index in [1.807, 2.05) is 11.9 Å². The number of hydrogen-bond donors (Lipinski definition) is 1. The number of halogens is 3. The van der Waals surface area contributed by atoms with Crippen molar-refractivity contribution in [3.63, 3.8) is 0 Å². The molecule has 2 nitrogen and oxygen atoms in total. The van der Waals surface area contributed by atoms with Crippen LogP contribution in [0.15, 0.2) is 18.2 Å². The van der Waals surface area contributed by atoms with E-state index in [9.17, 15) is 13.2 Å². The molecule has 1 aromatic carbocycles. The van der Waals surface area contributed by atoms with E-state index in [0.29, 0.717) is 11.7 Å². The van der Waals surface area contributed by atoms with Gasteiger partial charge in [0.15, 0.2) is 0 Å². The lowest BCUT2D eigenvalue weighted by molar-refractivity contribution is -0.137. The van der Waals surface area contributed by atoms with E-state index in [1.165, 1.54) is 12.5 Å². The molecule has 0 unspecified atom stereocenters. The molecule has 1 aromatic rings. The van der Waals surface area contributed by atoms with Crippen LogP contribution in [0.2, 0.25) is 0 Å². The van der Waals surface area contributed by atoms with Crippen molar-refractivity contribution < 1.29 is 13.2 Å². The van der Waals surface area contributed by atoms with Gasteiger partial charge in [-0.1, -0.05) is 31.5 Å². The Morgan fingerprint density at radius 2 is 1.86 bits per heavy atom. The maximum Gasteiger partial charge on any atom is 0.417 e. The highest BCUT2D eigenvalue weighted by atomic mass is 32.1. The molecule has 0 aliphatic heterocycles. The molecule has 1 aliphatic carbocycles. The van der Waals surface area contributed by atoms with Crippen LogP contribution in [0.4, 0.5) is 18.9 Å². The second-order valence-electron chi connectivity index (χ2n) is 5.49. The number of benzene rings is 1. The maximum atomic E-state index is 13.2. The van der Waals surface area contributed by atoms with Gasteiger partial charge in [0.2, 0.25) is 0 Å². The minimum atomic E-state index is -4.46. The Hall–Kier alpha value is -1.30. The zero-order valence-corrected chi connectivity index (χ0v) is 12.7. The number of anilines is 1. The number of nitrogens with zero attached hydrogens (tertiary/aromatic N) is 1. The van der Waals surface area contributed by atoms with Crippen molar-refractivity contribution in [3.05, 3.63) is 29.3 Å². The minimum Gasteiger partial charge on any atom is -0.389 e. The van der Waals surface area contributed by atoms with Crippen molar-refractivity contribution in [2.45, 2.75) is 44.3 Å². The van der Waals surface area contributed by atoms with E-state index in [4.69, 9.17) is 18.0 Å². The molecule has 6 heteroatoms. The van der Waals surface area contributed by atoms with Crippen LogP contribution in [0.5, 0.6) is 0 Å². The van der Waals surface area contributed by atoms with Gasteiger partial charge < -0.3 is 10.6 Å². The molecule has 0 heterocycles. The number of rotatable bonds is 3. The smallest absolute Gasteiger partial charge is 0.389 e. The Kier molecular flexibility index (Phi) is 4.76. The van der Waals surface area contributed by atoms with E-state index in [-0.39, 0.29) is 10.6 Å². The zero-order valence-electron chi connectivity index (χ0n) is 11.9. The lowest BCUT2D eigenvalue weighted by Crippen LogP contribution is -2.33. The van der Waals surface area contributed by atoms with Gasteiger partial charge in [-0.05, 0) is 31.0 Å². The summed E-state index contributed by atoms with van der Waals surface area (Å²) in [5, 5.41) is 0. The third-order valence-corrected chi connectivity index (χ3v) is 4.32. The molecule has 2 N–H and O–H groups in total. The fraction of sp³-hybridized carbons (Fsp3) is 0.533. The fourth-order valence-corrected chi connectivity index (χ4v) is 3.06. The first-order valence-electron chi connectivity index (χ1n) is 7.04. The van der Waals surface area contributed by atoms with E-state index in [1.54, 1.807) is 6.07 Å². The average Bonchev–Trinajstić information content (AvgIpc) is 2.45. The fourth-order valence-electron chi connectivity index (χ4n) is 2.88. The molecule has 0 bridgehead atoms. The van der Waals surface area contributed by atoms with Gasteiger partial charge in [0.25, 0.3) is 0 Å². The molecule has 1 saturated carbocycles. The van der Waals surface area contributed by atoms with Gasteiger partial charge in [0.1, 0.15) is 4.99 Å². The molecule has 0 spiro atoms. The Labute approximate surface area is 128 Å². The van der Waals surface area contributed by atoms with Gasteiger partial charge in [-0.2, -0.15) is 13.2 Å². The van der Waals surface area contributed by atoms with E-state index in [2.05, 4.69) is 0 Å². The SMILES string of the molecule is CN(c1ccc(C(N)=S)c(C(F)(F)F)c1)C1CCCCC1. The lowest BCUT2D eigenvalue weighted by atomic mass is 9.94. The summed E-state index contributed by atoms with van der Waals surface area (Å²) in [6, 6.07) is 4.50. The first kappa shape index (κ1) is 16.1. The Bertz CT molecular complexity index is 522. The van der Waals surface area contributed by atoms with Gasteiger partial charge in [0.05, 0.1) is 5.56 Å². The predicted molar refractivity (Wildman–Crippen MR) is 82.6 cm³/mol. The van der Waals surface area contributed by atoms with Gasteiger partial charge in [-0.15, -0.1) is 0 Å². The van der Waals surface area contributed by atoms with Crippen molar-refractivity contribution >= 4 is 22.9 Å². The first-order valence-corrected chi connectivity index (χ1v) is 7.45. The summed E-state index contributed by atoms with van der Waals surface area (Å²) in [5.41, 5.74) is 5.09. The molecule has 2 rings (SSSR count). The third-order valence-electron chi connectivity index (χ3n) is 4.10. The monoisotopic (exact) mass is 316 g/mol. The molecule has 0 atom stereocenters. The second-order valence-corrected chi connectivity index (χ2v) is 5.93. The van der Waals surface area contributed by atoms with Gasteiger partial charge in [-0.25, -0.2) is 0 Å². The largest absolute Gasteiger partial charge is 0.417 e. The van der Waals surface area contributed by atoms with Crippen molar-refractivity contribution in [2.24, 2.45) is 5.73 Å². The summed E-state index contributed by atoms with van der Waals surface area (Å²) < 4.78 is 39.5. The quantitative estimate of drug-likeness (QED) is 0.851. The van der Waals surface area contributed by atoms with Gasteiger partial charge in [-0.3, -0.25) is 0 Å². The average molecular weight is 316 g/mol. The summed E-state index contributed by atoms with van der Waals surface area (Å²) in [5.74, 6) is 0. The van der Waals surface area contributed by atoms with Crippen LogP contribution in [0.25, 0.3) is 0 Å². The second kappa shape index (κ2) is 6.22. The van der Waals surface area contributed by atoms with E-state index >= 15 is 0 Å². The predicted octanol–water partition coefficient (Wildman–Crippen LogP) is 4.11. The molecule has 1 aliphatic rings. The van der Waals surface area contributed by atoms with E-state index in [0.717, 1.165) is 31.7 Å². The highest BCUT2D eigenvalue weighted by molar-refractivity contribution is 7.80. The van der Waals surface area contributed by atoms with Crippen molar-refractivity contribution in [2.75, 3.05) is 11.9 Å². The molecule has 0 amide bonds. The van der Waals surface area contributed by atoms with Crippen LogP contribution in [-0.2, 0) is 6.18 Å². The van der Waals surface area contributed by atoms with Crippen LogP contribution in [0.1, 0.15) is 43.2 Å². The summed E-state index contributed by atoms with van der Waals surface area (Å²) in [4.78, 5) is 1.71. The number of nitrogens with two attached hydrogens (primary N) is 1. The number of hydrogen-bond acceptors (Lipinski definition) is 2. The third kappa shape index (κ3) is 3.67. The van der Waals surface area contributed by atoms with Crippen molar-refractivity contribution in [1.82, 2.24) is 0 Å². The molecule has 0 aromatic heterocycles. The molecule has 116 valence electrons. The molecule has 21 heavy (non-hydrogen) atoms. The number of alkyl halides is 3. The summed E-state index contributed by atoms with van der Waals surface area (Å²) in [7, 11) is 1.85. The summed E-state index contributed by atoms with van der Waals surface area (Å²) in [6.07, 6.45) is 1.06. The Morgan fingerprint density at radius 3 is 2.38 bits per heavy atom. The van der Waals surface area contributed by atoms with E-state index < -0.39 is 11.7 Å². The summed E-state index contributed by atoms with van der Waals surface area (Å²) >= 11 is 4.72. The maximum absolute atomic E-state index is 13.2. The Morgan fingerprint density at radius 1 is 1.24 bits per heavy atom. The van der Waals surface area contributed by atoms with Gasteiger partial charge >= 0.3 is 6.18 Å². The van der Waals surface area contributed by atoms with Crippen molar-refractivity contribution in [3.8, 4) is 0 Å². The molecule has 0 saturated heterocycles. The summed E-state index contributed by atoms with van der Waals surface area (Å²) in [6.45, 7) is 0. The van der Waals surface area contributed by atoms with Crippen LogP contribution in [0, 0.1) is 0 Å². The zero-order chi connectivity index (χ0) is 15.6. The van der Waals surface area contributed by atoms with Gasteiger partial charge in [0, 0.05) is 24.3 Å². The highest BCUT2D eigenvalue weighted by Crippen LogP contribution is 2.35. The molecular weight excluding hydrogens is 297 g/mol. The number of thiocarbonyl (C=S) groups is 1. The highest BCUT2D eigenvalue weighted by Gasteiger charge is 2.35. The topological polar surface area (TPSA) is 29.3 Å². The van der Waals surface area contributed by atoms with Crippen LogP contribution < -0.4 is 10.6 Å². The molecule has 0 radical (unpaired) electrons. The van der Waals surface area contributed by atoms with Crippen molar-refractivity contribution in [1.29, 1.82) is 0 Å². The molecular formula is C15H19F3N2S. The first-order chi connectivity index (χ1) is 9.80.